The van der Waals surface area contributed by atoms with Crippen LogP contribution in [0.2, 0.25) is 0 Å². The van der Waals surface area contributed by atoms with Crippen molar-refractivity contribution in [3.8, 4) is 0 Å². The summed E-state index contributed by atoms with van der Waals surface area (Å²) >= 11 is 0. The summed E-state index contributed by atoms with van der Waals surface area (Å²) in [6.45, 7) is 3.47. The predicted molar refractivity (Wildman–Crippen MR) is 72.4 cm³/mol. The number of halogens is 2. The van der Waals surface area contributed by atoms with E-state index in [9.17, 15) is 23.2 Å². The Bertz CT molecular complexity index is 723. The molecule has 23 heavy (non-hydrogen) atoms. The molecule has 0 fully saturated rings. The number of carbonyl (C=O) groups excluding carboxylic acids is 3. The van der Waals surface area contributed by atoms with E-state index in [1.807, 2.05) is 0 Å². The Balaban J connectivity index is 2.49. The molecular weight excluding hydrogens is 312 g/mol. The van der Waals surface area contributed by atoms with Gasteiger partial charge in [0.15, 0.2) is 5.60 Å². The maximum atomic E-state index is 13.4. The molecule has 0 saturated heterocycles. The standard InChI is InChI=1S/C15H13F2NO5/c1-7(19)18-14-12(22-8(2)20)13(21)15(3,23-14)9-4-10(16)6-11(17)5-9/h4-6H,1-3H3,(H,18,19). The molecule has 0 radical (unpaired) electrons. The van der Waals surface area contributed by atoms with Crippen LogP contribution in [0.4, 0.5) is 8.78 Å². The Morgan fingerprint density at radius 1 is 1.17 bits per heavy atom. The van der Waals surface area contributed by atoms with Crippen LogP contribution < -0.4 is 5.32 Å². The van der Waals surface area contributed by atoms with Gasteiger partial charge in [-0.2, -0.15) is 0 Å². The smallest absolute Gasteiger partial charge is 0.308 e. The molecule has 8 heteroatoms. The fourth-order valence-corrected chi connectivity index (χ4v) is 2.11. The number of benzene rings is 1. The fraction of sp³-hybridized carbons (Fsp3) is 0.267. The van der Waals surface area contributed by atoms with Gasteiger partial charge in [-0.25, -0.2) is 8.78 Å². The van der Waals surface area contributed by atoms with Crippen molar-refractivity contribution in [2.45, 2.75) is 26.4 Å². The molecule has 0 aliphatic carbocycles. The zero-order chi connectivity index (χ0) is 17.4. The molecule has 1 aliphatic rings. The molecule has 1 unspecified atom stereocenters. The number of rotatable bonds is 3. The van der Waals surface area contributed by atoms with Crippen molar-refractivity contribution in [3.63, 3.8) is 0 Å². The topological polar surface area (TPSA) is 81.7 Å². The van der Waals surface area contributed by atoms with Crippen LogP contribution in [0.1, 0.15) is 26.3 Å². The molecule has 1 aliphatic heterocycles. The van der Waals surface area contributed by atoms with Gasteiger partial charge in [-0.3, -0.25) is 19.7 Å². The van der Waals surface area contributed by atoms with E-state index in [1.165, 1.54) is 6.92 Å². The molecule has 1 amide bonds. The molecule has 1 atom stereocenters. The van der Waals surface area contributed by atoms with E-state index < -0.39 is 40.7 Å². The van der Waals surface area contributed by atoms with Crippen molar-refractivity contribution in [1.82, 2.24) is 5.32 Å². The molecule has 1 aromatic rings. The SMILES string of the molecule is CC(=O)NC1=C(OC(C)=O)C(=O)C(C)(c2cc(F)cc(F)c2)O1. The van der Waals surface area contributed by atoms with Crippen molar-refractivity contribution in [1.29, 1.82) is 0 Å². The van der Waals surface area contributed by atoms with Crippen molar-refractivity contribution < 1.29 is 32.6 Å². The highest BCUT2D eigenvalue weighted by atomic mass is 19.1. The number of ether oxygens (including phenoxy) is 2. The Morgan fingerprint density at radius 3 is 2.22 bits per heavy atom. The summed E-state index contributed by atoms with van der Waals surface area (Å²) in [7, 11) is 0. The molecule has 2 rings (SSSR count). The first-order valence-electron chi connectivity index (χ1n) is 6.54. The van der Waals surface area contributed by atoms with Crippen LogP contribution in [0, 0.1) is 11.6 Å². The van der Waals surface area contributed by atoms with Gasteiger partial charge in [0.1, 0.15) is 11.6 Å². The van der Waals surface area contributed by atoms with Gasteiger partial charge in [-0.05, 0) is 19.1 Å². The summed E-state index contributed by atoms with van der Waals surface area (Å²) in [5.74, 6) is -4.95. The second kappa shape index (κ2) is 5.79. The first-order chi connectivity index (χ1) is 10.6. The molecule has 0 spiro atoms. The highest BCUT2D eigenvalue weighted by Crippen LogP contribution is 2.38. The lowest BCUT2D eigenvalue weighted by Crippen LogP contribution is -2.32. The van der Waals surface area contributed by atoms with Crippen molar-refractivity contribution >= 4 is 17.7 Å². The van der Waals surface area contributed by atoms with Gasteiger partial charge in [0.05, 0.1) is 0 Å². The van der Waals surface area contributed by atoms with Gasteiger partial charge in [0, 0.05) is 25.5 Å². The van der Waals surface area contributed by atoms with Crippen LogP contribution in [0.3, 0.4) is 0 Å². The van der Waals surface area contributed by atoms with E-state index in [-0.39, 0.29) is 11.4 Å². The second-order valence-electron chi connectivity index (χ2n) is 5.06. The van der Waals surface area contributed by atoms with E-state index in [1.54, 1.807) is 0 Å². The number of Topliss-reactive ketones (excluding diaryl/α,β-unsaturated/α-hetero) is 1. The molecule has 0 saturated carbocycles. The van der Waals surface area contributed by atoms with E-state index in [2.05, 4.69) is 5.32 Å². The zero-order valence-corrected chi connectivity index (χ0v) is 12.5. The number of esters is 1. The summed E-state index contributed by atoms with van der Waals surface area (Å²) in [6, 6.07) is 2.48. The number of hydrogen-bond donors (Lipinski definition) is 1. The van der Waals surface area contributed by atoms with Crippen molar-refractivity contribution in [2.75, 3.05) is 0 Å². The number of carbonyl (C=O) groups is 3. The minimum absolute atomic E-state index is 0.120. The quantitative estimate of drug-likeness (QED) is 0.855. The maximum Gasteiger partial charge on any atom is 0.308 e. The maximum absolute atomic E-state index is 13.4. The highest BCUT2D eigenvalue weighted by Gasteiger charge is 2.50. The number of amides is 1. The molecule has 1 N–H and O–H groups in total. The van der Waals surface area contributed by atoms with Crippen LogP contribution in [-0.4, -0.2) is 17.7 Å². The van der Waals surface area contributed by atoms with Crippen LogP contribution >= 0.6 is 0 Å². The van der Waals surface area contributed by atoms with E-state index >= 15 is 0 Å². The van der Waals surface area contributed by atoms with Crippen molar-refractivity contribution in [2.24, 2.45) is 0 Å². The molecule has 1 heterocycles. The summed E-state index contributed by atoms with van der Waals surface area (Å²) in [5, 5.41) is 2.21. The van der Waals surface area contributed by atoms with Crippen LogP contribution in [0.15, 0.2) is 29.8 Å². The summed E-state index contributed by atoms with van der Waals surface area (Å²) in [5.41, 5.74) is -1.96. The van der Waals surface area contributed by atoms with Crippen LogP contribution in [0.5, 0.6) is 0 Å². The van der Waals surface area contributed by atoms with Gasteiger partial charge in [0.2, 0.25) is 17.5 Å². The average Bonchev–Trinajstić information content (AvgIpc) is 2.62. The Labute approximate surface area is 130 Å². The molecule has 0 aromatic heterocycles. The number of hydrogen-bond acceptors (Lipinski definition) is 5. The largest absolute Gasteiger partial charge is 0.456 e. The van der Waals surface area contributed by atoms with E-state index in [0.717, 1.165) is 26.0 Å². The monoisotopic (exact) mass is 325 g/mol. The minimum atomic E-state index is -1.84. The molecule has 0 bridgehead atoms. The first kappa shape index (κ1) is 16.6. The van der Waals surface area contributed by atoms with E-state index in [0.29, 0.717) is 6.07 Å². The third-order valence-corrected chi connectivity index (χ3v) is 3.10. The third kappa shape index (κ3) is 3.20. The fourth-order valence-electron chi connectivity index (χ4n) is 2.11. The van der Waals surface area contributed by atoms with E-state index in [4.69, 9.17) is 9.47 Å². The Morgan fingerprint density at radius 2 is 1.74 bits per heavy atom. The Hall–Kier alpha value is -2.77. The number of nitrogens with one attached hydrogen (secondary N) is 1. The van der Waals surface area contributed by atoms with Gasteiger partial charge in [-0.1, -0.05) is 0 Å². The first-order valence-corrected chi connectivity index (χ1v) is 6.54. The van der Waals surface area contributed by atoms with Crippen LogP contribution in [-0.2, 0) is 29.5 Å². The molecule has 122 valence electrons. The molecule has 6 nitrogen and oxygen atoms in total. The lowest BCUT2D eigenvalue weighted by molar-refractivity contribution is -0.142. The minimum Gasteiger partial charge on any atom is -0.456 e. The highest BCUT2D eigenvalue weighted by molar-refractivity contribution is 6.04. The zero-order valence-electron chi connectivity index (χ0n) is 12.5. The average molecular weight is 325 g/mol. The second-order valence-corrected chi connectivity index (χ2v) is 5.06. The van der Waals surface area contributed by atoms with Crippen LogP contribution in [0.25, 0.3) is 0 Å². The third-order valence-electron chi connectivity index (χ3n) is 3.10. The predicted octanol–water partition coefficient (Wildman–Crippen LogP) is 1.65. The normalized spacial score (nSPS) is 20.3. The molecular formula is C15H13F2NO5. The van der Waals surface area contributed by atoms with Gasteiger partial charge >= 0.3 is 5.97 Å². The van der Waals surface area contributed by atoms with Gasteiger partial charge in [-0.15, -0.1) is 0 Å². The van der Waals surface area contributed by atoms with Gasteiger partial charge < -0.3 is 9.47 Å². The number of ketones is 1. The summed E-state index contributed by atoms with van der Waals surface area (Å²) in [6.07, 6.45) is 0. The molecule has 1 aromatic carbocycles. The lowest BCUT2D eigenvalue weighted by atomic mass is 9.91. The Kier molecular flexibility index (Phi) is 4.18. The lowest BCUT2D eigenvalue weighted by Gasteiger charge is -2.23. The summed E-state index contributed by atoms with van der Waals surface area (Å²) in [4.78, 5) is 34.9. The summed E-state index contributed by atoms with van der Waals surface area (Å²) < 4.78 is 37.0. The van der Waals surface area contributed by atoms with Gasteiger partial charge in [0.25, 0.3) is 5.78 Å². The van der Waals surface area contributed by atoms with Crippen molar-refractivity contribution in [3.05, 3.63) is 47.0 Å².